The van der Waals surface area contributed by atoms with E-state index in [0.29, 0.717) is 0 Å². The largest absolute Gasteiger partial charge is 0.265 e. The zero-order chi connectivity index (χ0) is 9.30. The number of halogens is 5. The molecule has 66 valence electrons. The lowest BCUT2D eigenvalue weighted by Gasteiger charge is -2.04. The van der Waals surface area contributed by atoms with Gasteiger partial charge in [-0.1, -0.05) is 34.8 Å². The van der Waals surface area contributed by atoms with Crippen molar-refractivity contribution >= 4 is 34.8 Å². The van der Waals surface area contributed by atoms with E-state index in [2.05, 4.69) is 0 Å². The lowest BCUT2D eigenvalue weighted by atomic mass is 10.2. The Labute approximate surface area is 83.0 Å². The van der Waals surface area contributed by atoms with E-state index < -0.39 is 6.43 Å². The molecule has 0 aliphatic rings. The van der Waals surface area contributed by atoms with Gasteiger partial charge >= 0.3 is 0 Å². The van der Waals surface area contributed by atoms with Crippen LogP contribution < -0.4 is 0 Å². The van der Waals surface area contributed by atoms with Gasteiger partial charge in [0.2, 0.25) is 0 Å². The van der Waals surface area contributed by atoms with Gasteiger partial charge in [0, 0.05) is 5.56 Å². The molecule has 12 heavy (non-hydrogen) atoms. The second kappa shape index (κ2) is 3.77. The summed E-state index contributed by atoms with van der Waals surface area (Å²) in [5, 5.41) is 0.182. The van der Waals surface area contributed by atoms with E-state index >= 15 is 0 Å². The minimum atomic E-state index is -2.63. The van der Waals surface area contributed by atoms with Crippen molar-refractivity contribution in [3.8, 4) is 0 Å². The minimum Gasteiger partial charge on any atom is -0.205 e. The van der Waals surface area contributed by atoms with E-state index in [4.69, 9.17) is 34.8 Å². The summed E-state index contributed by atoms with van der Waals surface area (Å²) in [6, 6.07) is 2.27. The van der Waals surface area contributed by atoms with Gasteiger partial charge in [0.15, 0.2) is 0 Å². The van der Waals surface area contributed by atoms with Crippen molar-refractivity contribution in [2.45, 2.75) is 6.43 Å². The molecule has 0 fully saturated rings. The zero-order valence-corrected chi connectivity index (χ0v) is 7.89. The third-order valence-electron chi connectivity index (χ3n) is 1.27. The highest BCUT2D eigenvalue weighted by Gasteiger charge is 2.13. The molecule has 0 nitrogen and oxygen atoms in total. The summed E-state index contributed by atoms with van der Waals surface area (Å²) in [7, 11) is 0. The molecule has 0 saturated carbocycles. The van der Waals surface area contributed by atoms with Gasteiger partial charge in [0.1, 0.15) is 0 Å². The fourth-order valence-corrected chi connectivity index (χ4v) is 1.34. The molecular formula is C7H3Cl3F2. The summed E-state index contributed by atoms with van der Waals surface area (Å²) in [5.41, 5.74) is -0.300. The van der Waals surface area contributed by atoms with Crippen LogP contribution in [-0.4, -0.2) is 0 Å². The van der Waals surface area contributed by atoms with Crippen LogP contribution >= 0.6 is 34.8 Å². The van der Waals surface area contributed by atoms with Gasteiger partial charge in [-0.15, -0.1) is 0 Å². The van der Waals surface area contributed by atoms with Crippen LogP contribution in [0.1, 0.15) is 12.0 Å². The van der Waals surface area contributed by atoms with E-state index in [1.165, 1.54) is 6.07 Å². The number of hydrogen-bond acceptors (Lipinski definition) is 0. The molecule has 0 aliphatic carbocycles. The number of rotatable bonds is 1. The topological polar surface area (TPSA) is 0 Å². The molecule has 1 aromatic carbocycles. The van der Waals surface area contributed by atoms with E-state index in [1.54, 1.807) is 0 Å². The van der Waals surface area contributed by atoms with E-state index in [-0.39, 0.29) is 20.6 Å². The van der Waals surface area contributed by atoms with Gasteiger partial charge in [-0.25, -0.2) is 8.78 Å². The number of alkyl halides is 2. The Kier molecular flexibility index (Phi) is 3.16. The normalized spacial score (nSPS) is 10.8. The predicted octanol–water partition coefficient (Wildman–Crippen LogP) is 4.58. The molecule has 0 unspecified atom stereocenters. The second-order valence-electron chi connectivity index (χ2n) is 2.09. The van der Waals surface area contributed by atoms with Gasteiger partial charge in [-0.2, -0.15) is 0 Å². The van der Waals surface area contributed by atoms with Gasteiger partial charge in [0.05, 0.1) is 15.1 Å². The molecule has 0 bridgehead atoms. The quantitative estimate of drug-likeness (QED) is 0.620. The van der Waals surface area contributed by atoms with Gasteiger partial charge in [0.25, 0.3) is 6.43 Å². The first-order valence-corrected chi connectivity index (χ1v) is 4.08. The Morgan fingerprint density at radius 2 is 1.42 bits per heavy atom. The number of benzene rings is 1. The van der Waals surface area contributed by atoms with Crippen LogP contribution in [0.5, 0.6) is 0 Å². The highest BCUT2D eigenvalue weighted by atomic mass is 35.5. The molecule has 1 aromatic rings. The molecule has 1 rings (SSSR count). The third-order valence-corrected chi connectivity index (χ3v) is 2.32. The van der Waals surface area contributed by atoms with Crippen molar-refractivity contribution in [1.82, 2.24) is 0 Å². The van der Waals surface area contributed by atoms with Crippen molar-refractivity contribution < 1.29 is 8.78 Å². The van der Waals surface area contributed by atoms with Crippen LogP contribution in [-0.2, 0) is 0 Å². The molecule has 0 heterocycles. The van der Waals surface area contributed by atoms with E-state index in [9.17, 15) is 8.78 Å². The van der Waals surface area contributed by atoms with Crippen molar-refractivity contribution in [1.29, 1.82) is 0 Å². The predicted molar refractivity (Wildman–Crippen MR) is 46.4 cm³/mol. The van der Waals surface area contributed by atoms with Crippen molar-refractivity contribution in [2.75, 3.05) is 0 Å². The molecule has 0 amide bonds. The van der Waals surface area contributed by atoms with E-state index in [0.717, 1.165) is 6.07 Å². The van der Waals surface area contributed by atoms with Crippen molar-refractivity contribution in [3.05, 3.63) is 32.8 Å². The maximum Gasteiger partial charge on any atom is 0.265 e. The van der Waals surface area contributed by atoms with Crippen LogP contribution in [0.25, 0.3) is 0 Å². The minimum absolute atomic E-state index is 0.0700. The van der Waals surface area contributed by atoms with Gasteiger partial charge in [-0.3, -0.25) is 0 Å². The average Bonchev–Trinajstić information content (AvgIpc) is 1.96. The standard InChI is InChI=1S/C7H3Cl3F2/c8-4-2-6(10)5(9)1-3(4)7(11)12/h1-2,7H. The summed E-state index contributed by atoms with van der Waals surface area (Å²) in [6.07, 6.45) is -2.63. The smallest absolute Gasteiger partial charge is 0.205 e. The summed E-state index contributed by atoms with van der Waals surface area (Å²) < 4.78 is 24.3. The van der Waals surface area contributed by atoms with Gasteiger partial charge in [-0.05, 0) is 12.1 Å². The third kappa shape index (κ3) is 2.00. The molecule has 5 heteroatoms. The summed E-state index contributed by atoms with van der Waals surface area (Å²) >= 11 is 16.5. The second-order valence-corrected chi connectivity index (χ2v) is 3.31. The monoisotopic (exact) mass is 230 g/mol. The Morgan fingerprint density at radius 1 is 0.917 bits per heavy atom. The SMILES string of the molecule is FC(F)c1cc(Cl)c(Cl)cc1Cl. The van der Waals surface area contributed by atoms with E-state index in [1.807, 2.05) is 0 Å². The fourth-order valence-electron chi connectivity index (χ4n) is 0.705. The summed E-state index contributed by atoms with van der Waals surface area (Å²) in [5.74, 6) is 0. The van der Waals surface area contributed by atoms with Crippen molar-refractivity contribution in [2.24, 2.45) is 0 Å². The Balaban J connectivity index is 3.23. The number of hydrogen-bond donors (Lipinski definition) is 0. The Morgan fingerprint density at radius 3 is 1.92 bits per heavy atom. The Bertz CT molecular complexity index is 299. The summed E-state index contributed by atoms with van der Waals surface area (Å²) in [6.45, 7) is 0. The van der Waals surface area contributed by atoms with Crippen LogP contribution in [0.4, 0.5) is 8.78 Å². The lowest BCUT2D eigenvalue weighted by molar-refractivity contribution is 0.151. The lowest BCUT2D eigenvalue weighted by Crippen LogP contribution is -1.86. The van der Waals surface area contributed by atoms with Crippen LogP contribution in [0.15, 0.2) is 12.1 Å². The first-order chi connectivity index (χ1) is 5.52. The molecular weight excluding hydrogens is 228 g/mol. The maximum absolute atomic E-state index is 12.2. The molecule has 0 aromatic heterocycles. The van der Waals surface area contributed by atoms with Crippen LogP contribution in [0.2, 0.25) is 15.1 Å². The average molecular weight is 231 g/mol. The highest BCUT2D eigenvalue weighted by molar-refractivity contribution is 6.43. The van der Waals surface area contributed by atoms with Crippen LogP contribution in [0.3, 0.4) is 0 Å². The first kappa shape index (κ1) is 10.0. The summed E-state index contributed by atoms with van der Waals surface area (Å²) in [4.78, 5) is 0. The molecule has 0 N–H and O–H groups in total. The molecule has 0 radical (unpaired) electrons. The maximum atomic E-state index is 12.2. The molecule has 0 spiro atoms. The Hall–Kier alpha value is -0.0500. The fraction of sp³-hybridized carbons (Fsp3) is 0.143. The van der Waals surface area contributed by atoms with Gasteiger partial charge < -0.3 is 0 Å². The highest BCUT2D eigenvalue weighted by Crippen LogP contribution is 2.33. The first-order valence-electron chi connectivity index (χ1n) is 2.95. The molecule has 0 saturated heterocycles. The zero-order valence-electron chi connectivity index (χ0n) is 5.62. The van der Waals surface area contributed by atoms with Crippen molar-refractivity contribution in [3.63, 3.8) is 0 Å². The molecule has 0 atom stereocenters. The molecule has 0 aliphatic heterocycles. The van der Waals surface area contributed by atoms with Crippen LogP contribution in [0, 0.1) is 0 Å².